The highest BCUT2D eigenvalue weighted by Crippen LogP contribution is 2.22. The van der Waals surface area contributed by atoms with Crippen LogP contribution in [0.5, 0.6) is 0 Å². The molecular formula is C10H22O2. The number of rotatable bonds is 1. The Kier molecular flexibility index (Phi) is 7.51. The summed E-state index contributed by atoms with van der Waals surface area (Å²) in [5.74, 6) is 0.642. The molecule has 0 unspecified atom stereocenters. The van der Waals surface area contributed by atoms with E-state index in [1.165, 1.54) is 32.1 Å². The van der Waals surface area contributed by atoms with Crippen LogP contribution in [-0.4, -0.2) is 22.9 Å². The highest BCUT2D eigenvalue weighted by molar-refractivity contribution is 4.63. The van der Waals surface area contributed by atoms with Crippen LogP contribution in [0.2, 0.25) is 0 Å². The van der Waals surface area contributed by atoms with E-state index in [1.54, 1.807) is 13.8 Å². The summed E-state index contributed by atoms with van der Waals surface area (Å²) < 4.78 is 0. The third-order valence-corrected chi connectivity index (χ3v) is 1.98. The van der Waals surface area contributed by atoms with Crippen LogP contribution in [-0.2, 0) is 0 Å². The normalized spacial score (nSPS) is 18.8. The molecule has 0 aromatic heterocycles. The first kappa shape index (κ1) is 11.9. The van der Waals surface area contributed by atoms with E-state index in [1.807, 2.05) is 0 Å². The molecule has 2 heteroatoms. The van der Waals surface area contributed by atoms with E-state index in [-0.39, 0.29) is 6.10 Å². The third kappa shape index (κ3) is 8.02. The van der Waals surface area contributed by atoms with Gasteiger partial charge in [0.1, 0.15) is 0 Å². The van der Waals surface area contributed by atoms with Crippen LogP contribution in [0.25, 0.3) is 0 Å². The van der Waals surface area contributed by atoms with Crippen molar-refractivity contribution >= 4 is 0 Å². The van der Waals surface area contributed by atoms with Crippen molar-refractivity contribution < 1.29 is 10.2 Å². The van der Waals surface area contributed by atoms with Crippen molar-refractivity contribution in [1.82, 2.24) is 0 Å². The fourth-order valence-corrected chi connectivity index (χ4v) is 1.37. The van der Waals surface area contributed by atoms with E-state index in [9.17, 15) is 0 Å². The maximum Gasteiger partial charge on any atom is 0.0483 e. The van der Waals surface area contributed by atoms with Crippen molar-refractivity contribution in [2.24, 2.45) is 5.92 Å². The molecule has 0 spiro atoms. The summed E-state index contributed by atoms with van der Waals surface area (Å²) >= 11 is 0. The molecule has 74 valence electrons. The standard InChI is InChI=1S/C7H14O.C3H8O/c8-6-7-4-2-1-3-5-7;1-3(2)4/h7-8H,1-6H2;3-4H,1-2H3. The number of hydrogen-bond acceptors (Lipinski definition) is 2. The molecule has 0 atom stereocenters. The van der Waals surface area contributed by atoms with Gasteiger partial charge in [0.05, 0.1) is 0 Å². The second kappa shape index (κ2) is 7.56. The molecule has 12 heavy (non-hydrogen) atoms. The van der Waals surface area contributed by atoms with Gasteiger partial charge < -0.3 is 10.2 Å². The third-order valence-electron chi connectivity index (χ3n) is 1.98. The van der Waals surface area contributed by atoms with E-state index in [0.717, 1.165) is 0 Å². The summed E-state index contributed by atoms with van der Waals surface area (Å²) in [6, 6.07) is 0. The lowest BCUT2D eigenvalue weighted by Gasteiger charge is -2.18. The molecule has 0 aliphatic heterocycles. The van der Waals surface area contributed by atoms with Crippen LogP contribution in [0.3, 0.4) is 0 Å². The topological polar surface area (TPSA) is 40.5 Å². The SMILES string of the molecule is CC(C)O.OCC1CCCCC1. The quantitative estimate of drug-likeness (QED) is 0.638. The van der Waals surface area contributed by atoms with E-state index >= 15 is 0 Å². The lowest BCUT2D eigenvalue weighted by molar-refractivity contribution is 0.190. The van der Waals surface area contributed by atoms with Crippen molar-refractivity contribution in [3.05, 3.63) is 0 Å². The predicted molar refractivity (Wildman–Crippen MR) is 51.0 cm³/mol. The van der Waals surface area contributed by atoms with E-state index in [2.05, 4.69) is 0 Å². The zero-order valence-corrected chi connectivity index (χ0v) is 8.29. The van der Waals surface area contributed by atoms with Crippen LogP contribution < -0.4 is 0 Å². The van der Waals surface area contributed by atoms with Gasteiger partial charge in [-0.15, -0.1) is 0 Å². The van der Waals surface area contributed by atoms with Crippen LogP contribution >= 0.6 is 0 Å². The molecular weight excluding hydrogens is 152 g/mol. The number of aliphatic hydroxyl groups is 2. The summed E-state index contributed by atoms with van der Waals surface area (Å²) in [6.45, 7) is 3.86. The van der Waals surface area contributed by atoms with Gasteiger partial charge >= 0.3 is 0 Å². The van der Waals surface area contributed by atoms with Gasteiger partial charge in [0.25, 0.3) is 0 Å². The van der Waals surface area contributed by atoms with Crippen molar-refractivity contribution in [3.8, 4) is 0 Å². The first-order valence-electron chi connectivity index (χ1n) is 4.95. The van der Waals surface area contributed by atoms with Crippen LogP contribution in [0.15, 0.2) is 0 Å². The minimum absolute atomic E-state index is 0.167. The zero-order chi connectivity index (χ0) is 9.40. The highest BCUT2D eigenvalue weighted by atomic mass is 16.3. The molecule has 1 rings (SSSR count). The summed E-state index contributed by atoms with van der Waals surface area (Å²) in [7, 11) is 0. The lowest BCUT2D eigenvalue weighted by atomic mass is 9.90. The molecule has 1 fully saturated rings. The minimum Gasteiger partial charge on any atom is -0.396 e. The molecule has 0 aromatic rings. The van der Waals surface area contributed by atoms with Crippen molar-refractivity contribution in [2.45, 2.75) is 52.1 Å². The molecule has 0 radical (unpaired) electrons. The second-order valence-corrected chi connectivity index (χ2v) is 3.78. The van der Waals surface area contributed by atoms with Gasteiger partial charge in [0, 0.05) is 12.7 Å². The number of aliphatic hydroxyl groups excluding tert-OH is 2. The van der Waals surface area contributed by atoms with E-state index < -0.39 is 0 Å². The molecule has 1 aliphatic carbocycles. The Balaban J connectivity index is 0.000000261. The first-order valence-corrected chi connectivity index (χ1v) is 4.95. The van der Waals surface area contributed by atoms with Gasteiger partial charge in [-0.3, -0.25) is 0 Å². The van der Waals surface area contributed by atoms with E-state index in [4.69, 9.17) is 10.2 Å². The van der Waals surface area contributed by atoms with Gasteiger partial charge in [0.15, 0.2) is 0 Å². The molecule has 2 N–H and O–H groups in total. The minimum atomic E-state index is -0.167. The summed E-state index contributed by atoms with van der Waals surface area (Å²) in [6.07, 6.45) is 6.42. The summed E-state index contributed by atoms with van der Waals surface area (Å²) in [5.41, 5.74) is 0. The Labute approximate surface area is 75.6 Å². The largest absolute Gasteiger partial charge is 0.396 e. The van der Waals surface area contributed by atoms with Gasteiger partial charge in [-0.25, -0.2) is 0 Å². The van der Waals surface area contributed by atoms with Crippen LogP contribution in [0, 0.1) is 5.92 Å². The zero-order valence-electron chi connectivity index (χ0n) is 8.29. The Bertz CT molecular complexity index is 83.1. The smallest absolute Gasteiger partial charge is 0.0483 e. The van der Waals surface area contributed by atoms with Crippen molar-refractivity contribution in [3.63, 3.8) is 0 Å². The average molecular weight is 174 g/mol. The Morgan fingerprint density at radius 3 is 1.83 bits per heavy atom. The van der Waals surface area contributed by atoms with Gasteiger partial charge in [-0.2, -0.15) is 0 Å². The van der Waals surface area contributed by atoms with E-state index in [0.29, 0.717) is 12.5 Å². The summed E-state index contributed by atoms with van der Waals surface area (Å²) in [5, 5.41) is 16.7. The maximum atomic E-state index is 8.69. The Morgan fingerprint density at radius 1 is 1.17 bits per heavy atom. The average Bonchev–Trinajstić information content (AvgIpc) is 2.05. The monoisotopic (exact) mass is 174 g/mol. The van der Waals surface area contributed by atoms with Gasteiger partial charge in [0.2, 0.25) is 0 Å². The second-order valence-electron chi connectivity index (χ2n) is 3.78. The van der Waals surface area contributed by atoms with Gasteiger partial charge in [-0.1, -0.05) is 19.3 Å². The Hall–Kier alpha value is -0.0800. The molecule has 2 nitrogen and oxygen atoms in total. The molecule has 1 saturated carbocycles. The maximum absolute atomic E-state index is 8.69. The Morgan fingerprint density at radius 2 is 1.58 bits per heavy atom. The number of hydrogen-bond donors (Lipinski definition) is 2. The fraction of sp³-hybridized carbons (Fsp3) is 1.00. The summed E-state index contributed by atoms with van der Waals surface area (Å²) in [4.78, 5) is 0. The fourth-order valence-electron chi connectivity index (χ4n) is 1.37. The highest BCUT2D eigenvalue weighted by Gasteiger charge is 2.10. The molecule has 0 saturated heterocycles. The molecule has 0 heterocycles. The molecule has 0 bridgehead atoms. The van der Waals surface area contributed by atoms with Crippen molar-refractivity contribution in [2.75, 3.05) is 6.61 Å². The van der Waals surface area contributed by atoms with Crippen LogP contribution in [0.1, 0.15) is 46.0 Å². The van der Waals surface area contributed by atoms with Gasteiger partial charge in [-0.05, 0) is 32.6 Å². The first-order chi connectivity index (χ1) is 5.66. The molecule has 0 amide bonds. The predicted octanol–water partition coefficient (Wildman–Crippen LogP) is 1.95. The lowest BCUT2D eigenvalue weighted by Crippen LogP contribution is -2.09. The van der Waals surface area contributed by atoms with Crippen molar-refractivity contribution in [1.29, 1.82) is 0 Å². The van der Waals surface area contributed by atoms with Crippen LogP contribution in [0.4, 0.5) is 0 Å². The molecule has 1 aliphatic rings. The molecule has 0 aromatic carbocycles.